The minimum atomic E-state index is 0.922. The van der Waals surface area contributed by atoms with E-state index in [4.69, 9.17) is 0 Å². The average molecular weight is 295 g/mol. The Morgan fingerprint density at radius 3 is 1.35 bits per heavy atom. The van der Waals surface area contributed by atoms with Gasteiger partial charge in [-0.2, -0.15) is 0 Å². The van der Waals surface area contributed by atoms with Gasteiger partial charge in [0.15, 0.2) is 0 Å². The lowest BCUT2D eigenvalue weighted by Gasteiger charge is -2.12. The highest BCUT2D eigenvalue weighted by atomic mass is 14.9. The van der Waals surface area contributed by atoms with Gasteiger partial charge in [0.25, 0.3) is 0 Å². The number of nitrogens with one attached hydrogen (secondary N) is 1. The van der Waals surface area contributed by atoms with E-state index in [0.29, 0.717) is 0 Å². The van der Waals surface area contributed by atoms with Gasteiger partial charge in [0.1, 0.15) is 0 Å². The molecule has 0 radical (unpaired) electrons. The highest BCUT2D eigenvalue weighted by Gasteiger charge is 2.15. The van der Waals surface area contributed by atoms with Gasteiger partial charge in [-0.05, 0) is 68.1 Å². The summed E-state index contributed by atoms with van der Waals surface area (Å²) in [7, 11) is 0. The van der Waals surface area contributed by atoms with E-state index < -0.39 is 0 Å². The molecule has 1 heteroatoms. The molecule has 0 amide bonds. The minimum Gasteiger partial charge on any atom is -0.309 e. The van der Waals surface area contributed by atoms with Crippen molar-refractivity contribution in [2.45, 2.75) is 13.1 Å². The lowest BCUT2D eigenvalue weighted by Crippen LogP contribution is -2.10. The zero-order valence-electron chi connectivity index (χ0n) is 12.8. The summed E-state index contributed by atoms with van der Waals surface area (Å²) in [6.07, 6.45) is 0. The van der Waals surface area contributed by atoms with Gasteiger partial charge in [0.05, 0.1) is 0 Å². The molecule has 0 saturated carbocycles. The molecule has 0 spiro atoms. The first-order valence-corrected chi connectivity index (χ1v) is 8.13. The van der Waals surface area contributed by atoms with Crippen molar-refractivity contribution in [1.29, 1.82) is 0 Å². The Labute approximate surface area is 135 Å². The molecule has 1 nitrogen and oxygen atoms in total. The molecule has 0 atom stereocenters. The van der Waals surface area contributed by atoms with Crippen LogP contribution in [0.1, 0.15) is 11.1 Å². The number of hydrogen-bond acceptors (Lipinski definition) is 1. The van der Waals surface area contributed by atoms with Crippen LogP contribution in [0.15, 0.2) is 72.8 Å². The molecule has 110 valence electrons. The second-order valence-corrected chi connectivity index (χ2v) is 6.32. The van der Waals surface area contributed by atoms with Gasteiger partial charge in [-0.1, -0.05) is 48.5 Å². The predicted octanol–water partition coefficient (Wildman–Crippen LogP) is 5.26. The molecule has 4 aromatic rings. The summed E-state index contributed by atoms with van der Waals surface area (Å²) >= 11 is 0. The van der Waals surface area contributed by atoms with Crippen LogP contribution in [0.2, 0.25) is 0 Å². The highest BCUT2D eigenvalue weighted by Crippen LogP contribution is 2.35. The summed E-state index contributed by atoms with van der Waals surface area (Å²) < 4.78 is 0. The van der Waals surface area contributed by atoms with Gasteiger partial charge in [-0.15, -0.1) is 0 Å². The third-order valence-electron chi connectivity index (χ3n) is 4.86. The van der Waals surface area contributed by atoms with Gasteiger partial charge in [0, 0.05) is 13.1 Å². The molecule has 1 aliphatic heterocycles. The standard InChI is InChI=1S/C22H17N/c1-3-7-17-11-21-19(9-15(17)5-1)13-23-14-20-10-16-6-2-4-8-18(16)12-22(20)21/h1-12,23H,13-14H2. The van der Waals surface area contributed by atoms with E-state index in [2.05, 4.69) is 78.1 Å². The Bertz CT molecular complexity index is 961. The Morgan fingerprint density at radius 2 is 0.913 bits per heavy atom. The van der Waals surface area contributed by atoms with Crippen molar-refractivity contribution in [3.8, 4) is 11.1 Å². The maximum absolute atomic E-state index is 3.59. The van der Waals surface area contributed by atoms with Crippen molar-refractivity contribution in [1.82, 2.24) is 5.32 Å². The number of rotatable bonds is 0. The van der Waals surface area contributed by atoms with E-state index in [1.807, 2.05) is 0 Å². The molecular weight excluding hydrogens is 278 g/mol. The Morgan fingerprint density at radius 1 is 0.522 bits per heavy atom. The molecule has 0 bridgehead atoms. The molecule has 0 aromatic heterocycles. The van der Waals surface area contributed by atoms with Crippen LogP contribution in [0.4, 0.5) is 0 Å². The maximum atomic E-state index is 3.59. The first-order chi connectivity index (χ1) is 11.4. The SMILES string of the molecule is c1ccc2cc3c(cc2c1)CNCc1cc2ccccc2cc1-3. The van der Waals surface area contributed by atoms with Gasteiger partial charge < -0.3 is 5.32 Å². The van der Waals surface area contributed by atoms with Crippen LogP contribution in [0.3, 0.4) is 0 Å². The average Bonchev–Trinajstić information content (AvgIpc) is 2.76. The van der Waals surface area contributed by atoms with Crippen LogP contribution in [-0.2, 0) is 13.1 Å². The summed E-state index contributed by atoms with van der Waals surface area (Å²) in [4.78, 5) is 0. The van der Waals surface area contributed by atoms with Crippen LogP contribution >= 0.6 is 0 Å². The number of hydrogen-bond donors (Lipinski definition) is 1. The van der Waals surface area contributed by atoms with Crippen molar-refractivity contribution < 1.29 is 0 Å². The molecule has 1 N–H and O–H groups in total. The first kappa shape index (κ1) is 12.9. The fourth-order valence-electron chi connectivity index (χ4n) is 3.70. The molecule has 0 aliphatic carbocycles. The van der Waals surface area contributed by atoms with Gasteiger partial charge >= 0.3 is 0 Å². The molecule has 0 fully saturated rings. The smallest absolute Gasteiger partial charge is 0.0215 e. The fraction of sp³-hybridized carbons (Fsp3) is 0.0909. The van der Waals surface area contributed by atoms with E-state index in [0.717, 1.165) is 13.1 Å². The van der Waals surface area contributed by atoms with E-state index in [9.17, 15) is 0 Å². The Balaban J connectivity index is 1.85. The van der Waals surface area contributed by atoms with Crippen molar-refractivity contribution in [3.63, 3.8) is 0 Å². The van der Waals surface area contributed by atoms with Crippen LogP contribution < -0.4 is 5.32 Å². The third kappa shape index (κ3) is 2.05. The van der Waals surface area contributed by atoms with Crippen molar-refractivity contribution in [2.75, 3.05) is 0 Å². The van der Waals surface area contributed by atoms with Gasteiger partial charge in [-0.25, -0.2) is 0 Å². The normalized spacial score (nSPS) is 13.6. The molecule has 1 aliphatic rings. The Kier molecular flexibility index (Phi) is 2.76. The zero-order chi connectivity index (χ0) is 15.2. The van der Waals surface area contributed by atoms with E-state index in [1.54, 1.807) is 0 Å². The molecule has 0 saturated heterocycles. The molecule has 5 rings (SSSR count). The van der Waals surface area contributed by atoms with Crippen molar-refractivity contribution in [2.24, 2.45) is 0 Å². The summed E-state index contributed by atoms with van der Waals surface area (Å²) in [6.45, 7) is 1.84. The van der Waals surface area contributed by atoms with Crippen LogP contribution in [0.25, 0.3) is 32.7 Å². The number of fused-ring (bicyclic) bond motifs is 5. The van der Waals surface area contributed by atoms with Crippen molar-refractivity contribution >= 4 is 21.5 Å². The van der Waals surface area contributed by atoms with Crippen LogP contribution in [0.5, 0.6) is 0 Å². The van der Waals surface area contributed by atoms with Crippen LogP contribution in [0, 0.1) is 0 Å². The van der Waals surface area contributed by atoms with Gasteiger partial charge in [0.2, 0.25) is 0 Å². The van der Waals surface area contributed by atoms with Crippen LogP contribution in [-0.4, -0.2) is 0 Å². The summed E-state index contributed by atoms with van der Waals surface area (Å²) in [5, 5.41) is 8.85. The monoisotopic (exact) mass is 295 g/mol. The summed E-state index contributed by atoms with van der Waals surface area (Å²) in [6, 6.07) is 26.6. The highest BCUT2D eigenvalue weighted by molar-refractivity contribution is 5.94. The summed E-state index contributed by atoms with van der Waals surface area (Å²) in [5.41, 5.74) is 5.51. The van der Waals surface area contributed by atoms with E-state index >= 15 is 0 Å². The molecule has 1 heterocycles. The van der Waals surface area contributed by atoms with Gasteiger partial charge in [-0.3, -0.25) is 0 Å². The topological polar surface area (TPSA) is 12.0 Å². The minimum absolute atomic E-state index is 0.922. The first-order valence-electron chi connectivity index (χ1n) is 8.13. The Hall–Kier alpha value is -2.64. The zero-order valence-corrected chi connectivity index (χ0v) is 12.8. The molecule has 23 heavy (non-hydrogen) atoms. The quantitative estimate of drug-likeness (QED) is 0.466. The number of benzene rings is 4. The third-order valence-corrected chi connectivity index (χ3v) is 4.86. The predicted molar refractivity (Wildman–Crippen MR) is 97.4 cm³/mol. The lowest BCUT2D eigenvalue weighted by molar-refractivity contribution is 0.704. The summed E-state index contributed by atoms with van der Waals surface area (Å²) in [5.74, 6) is 0. The molecule has 4 aromatic carbocycles. The van der Waals surface area contributed by atoms with Crippen molar-refractivity contribution in [3.05, 3.63) is 83.9 Å². The van der Waals surface area contributed by atoms with E-state index in [-0.39, 0.29) is 0 Å². The maximum Gasteiger partial charge on any atom is 0.0215 e. The fourth-order valence-corrected chi connectivity index (χ4v) is 3.70. The second kappa shape index (κ2) is 4.94. The lowest BCUT2D eigenvalue weighted by atomic mass is 9.92. The molecular formula is C22H17N. The van der Waals surface area contributed by atoms with E-state index in [1.165, 1.54) is 43.8 Å². The second-order valence-electron chi connectivity index (χ2n) is 6.32. The molecule has 0 unspecified atom stereocenters. The largest absolute Gasteiger partial charge is 0.309 e.